The van der Waals surface area contributed by atoms with Crippen LogP contribution in [0.4, 0.5) is 4.39 Å². The van der Waals surface area contributed by atoms with E-state index in [1.54, 1.807) is 19.2 Å². The van der Waals surface area contributed by atoms with Crippen molar-refractivity contribution in [2.24, 2.45) is 0 Å². The van der Waals surface area contributed by atoms with Crippen molar-refractivity contribution in [3.8, 4) is 28.5 Å². The Labute approximate surface area is 213 Å². The van der Waals surface area contributed by atoms with Crippen LogP contribution in [0.25, 0.3) is 33.6 Å². The Morgan fingerprint density at radius 2 is 2.11 bits per heavy atom. The predicted molar refractivity (Wildman–Crippen MR) is 136 cm³/mol. The van der Waals surface area contributed by atoms with Crippen molar-refractivity contribution in [1.29, 1.82) is 0 Å². The fraction of sp³-hybridized carbons (Fsp3) is 0.333. The predicted octanol–water partition coefficient (Wildman–Crippen LogP) is 5.02. The van der Waals surface area contributed by atoms with Gasteiger partial charge in [0.2, 0.25) is 11.8 Å². The number of aromatic amines is 1. The average Bonchev–Trinajstić information content (AvgIpc) is 3.69. The molecule has 1 N–H and O–H groups in total. The summed E-state index contributed by atoms with van der Waals surface area (Å²) in [6.07, 6.45) is 5.72. The molecule has 37 heavy (non-hydrogen) atoms. The average molecular weight is 502 g/mol. The number of hydrogen-bond acceptors (Lipinski definition) is 7. The van der Waals surface area contributed by atoms with Crippen molar-refractivity contribution >= 4 is 10.9 Å². The van der Waals surface area contributed by atoms with Crippen molar-refractivity contribution in [3.63, 3.8) is 0 Å². The van der Waals surface area contributed by atoms with Gasteiger partial charge in [-0.05, 0) is 56.6 Å². The Balaban J connectivity index is 1.22. The molecule has 0 amide bonds. The second-order valence-corrected chi connectivity index (χ2v) is 9.36. The van der Waals surface area contributed by atoms with Crippen molar-refractivity contribution in [1.82, 2.24) is 35.1 Å². The Kier molecular flexibility index (Phi) is 6.17. The van der Waals surface area contributed by atoms with Gasteiger partial charge in [0.15, 0.2) is 0 Å². The van der Waals surface area contributed by atoms with Crippen molar-refractivity contribution in [2.75, 3.05) is 20.2 Å². The lowest BCUT2D eigenvalue weighted by Crippen LogP contribution is -2.34. The molecule has 190 valence electrons. The van der Waals surface area contributed by atoms with E-state index in [4.69, 9.17) is 9.15 Å². The number of fused-ring (bicyclic) bond motifs is 1. The van der Waals surface area contributed by atoms with E-state index in [0.29, 0.717) is 36.2 Å². The van der Waals surface area contributed by atoms with Gasteiger partial charge in [0.25, 0.3) is 0 Å². The molecule has 5 aromatic rings. The molecule has 1 aliphatic rings. The van der Waals surface area contributed by atoms with Crippen LogP contribution in [0.1, 0.15) is 37.1 Å². The van der Waals surface area contributed by atoms with Gasteiger partial charge in [-0.15, -0.1) is 10.2 Å². The molecule has 0 bridgehead atoms. The van der Waals surface area contributed by atoms with Crippen molar-refractivity contribution in [3.05, 3.63) is 66.1 Å². The van der Waals surface area contributed by atoms with E-state index in [2.05, 4.69) is 30.4 Å². The van der Waals surface area contributed by atoms with Crippen molar-refractivity contribution in [2.45, 2.75) is 38.8 Å². The number of nitrogens with zero attached hydrogens (tertiary/aromatic N) is 6. The number of piperidine rings is 1. The summed E-state index contributed by atoms with van der Waals surface area (Å²) in [6.45, 7) is 4.91. The van der Waals surface area contributed by atoms with Gasteiger partial charge in [-0.2, -0.15) is 10.2 Å². The highest BCUT2D eigenvalue weighted by Crippen LogP contribution is 2.33. The number of ether oxygens (including phenoxy) is 1. The van der Waals surface area contributed by atoms with Crippen LogP contribution in [0.2, 0.25) is 0 Å². The lowest BCUT2D eigenvalue weighted by Gasteiger charge is -2.31. The third-order valence-electron chi connectivity index (χ3n) is 7.01. The van der Waals surface area contributed by atoms with Crippen LogP contribution in [0.15, 0.2) is 53.2 Å². The number of halogens is 1. The lowest BCUT2D eigenvalue weighted by molar-refractivity contribution is 0.182. The summed E-state index contributed by atoms with van der Waals surface area (Å²) < 4.78 is 27.9. The summed E-state index contributed by atoms with van der Waals surface area (Å²) in [5, 5.41) is 21.7. The standard InChI is InChI=1S/C27H28FN7O2/c1-3-35-15-19(13-29-35)25-20-12-17(9-10-23(20)30-31-25)26-32-33-27(37-26)18-6-5-11-34(14-18)16-21-22(28)7-4-8-24(21)36-2/h4,7-10,12-13,15,18H,3,5-6,11,14,16H2,1-2H3,(H,30,31)/t18-/m1/s1. The SMILES string of the molecule is CCn1cc(-c2n[nH]c3ccc(-c4nnc([C@@H]5CCCN(Cc6c(F)cccc6OC)C5)o4)cc23)cn1. The number of aromatic nitrogens is 6. The molecule has 0 radical (unpaired) electrons. The minimum Gasteiger partial charge on any atom is -0.496 e. The number of aryl methyl sites for hydroxylation is 1. The highest BCUT2D eigenvalue weighted by Gasteiger charge is 2.27. The van der Waals surface area contributed by atoms with E-state index in [9.17, 15) is 4.39 Å². The first-order chi connectivity index (χ1) is 18.1. The lowest BCUT2D eigenvalue weighted by atomic mass is 9.97. The number of H-pyrrole nitrogens is 1. The molecule has 3 aromatic heterocycles. The summed E-state index contributed by atoms with van der Waals surface area (Å²) in [4.78, 5) is 2.22. The number of likely N-dealkylation sites (tertiary alicyclic amines) is 1. The largest absolute Gasteiger partial charge is 0.496 e. The molecule has 1 saturated heterocycles. The maximum Gasteiger partial charge on any atom is 0.247 e. The van der Waals surface area contributed by atoms with Crippen LogP contribution in [-0.2, 0) is 13.1 Å². The first-order valence-electron chi connectivity index (χ1n) is 12.5. The quantitative estimate of drug-likeness (QED) is 0.334. The maximum atomic E-state index is 14.5. The zero-order chi connectivity index (χ0) is 25.4. The summed E-state index contributed by atoms with van der Waals surface area (Å²) >= 11 is 0. The fourth-order valence-electron chi connectivity index (χ4n) is 5.05. The smallest absolute Gasteiger partial charge is 0.247 e. The van der Waals surface area contributed by atoms with Gasteiger partial charge in [0, 0.05) is 47.9 Å². The van der Waals surface area contributed by atoms with Gasteiger partial charge in [-0.1, -0.05) is 6.07 Å². The number of rotatable bonds is 7. The van der Waals surface area contributed by atoms with E-state index < -0.39 is 0 Å². The van der Waals surface area contributed by atoms with E-state index >= 15 is 0 Å². The van der Waals surface area contributed by atoms with Crippen molar-refractivity contribution < 1.29 is 13.5 Å². The van der Waals surface area contributed by atoms with E-state index in [-0.39, 0.29) is 11.7 Å². The summed E-state index contributed by atoms with van der Waals surface area (Å²) in [5.74, 6) is 1.48. The summed E-state index contributed by atoms with van der Waals surface area (Å²) in [7, 11) is 1.57. The normalized spacial score (nSPS) is 16.5. The molecule has 1 atom stereocenters. The molecule has 1 aliphatic heterocycles. The minimum atomic E-state index is -0.252. The number of benzene rings is 2. The van der Waals surface area contributed by atoms with E-state index in [1.807, 2.05) is 42.2 Å². The molecule has 6 rings (SSSR count). The number of methoxy groups -OCH3 is 1. The molecule has 9 nitrogen and oxygen atoms in total. The van der Waals surface area contributed by atoms with Crippen LogP contribution in [0.3, 0.4) is 0 Å². The van der Waals surface area contributed by atoms with Crippen LogP contribution < -0.4 is 4.74 Å². The zero-order valence-corrected chi connectivity index (χ0v) is 20.8. The van der Waals surface area contributed by atoms with Gasteiger partial charge >= 0.3 is 0 Å². The van der Waals surface area contributed by atoms with Gasteiger partial charge in [-0.25, -0.2) is 4.39 Å². The highest BCUT2D eigenvalue weighted by atomic mass is 19.1. The Morgan fingerprint density at radius 3 is 2.95 bits per heavy atom. The van der Waals surface area contributed by atoms with E-state index in [1.165, 1.54) is 6.07 Å². The number of nitrogens with one attached hydrogen (secondary N) is 1. The zero-order valence-electron chi connectivity index (χ0n) is 20.8. The third kappa shape index (κ3) is 4.48. The minimum absolute atomic E-state index is 0.0841. The molecule has 10 heteroatoms. The second-order valence-electron chi connectivity index (χ2n) is 9.36. The highest BCUT2D eigenvalue weighted by molar-refractivity contribution is 5.94. The first kappa shape index (κ1) is 23.4. The van der Waals surface area contributed by atoms with Gasteiger partial charge in [0.05, 0.1) is 24.7 Å². The topological polar surface area (TPSA) is 97.9 Å². The molecule has 2 aromatic carbocycles. The van der Waals surface area contributed by atoms with Crippen LogP contribution in [-0.4, -0.2) is 55.3 Å². The molecule has 0 saturated carbocycles. The van der Waals surface area contributed by atoms with Gasteiger partial charge in [-0.3, -0.25) is 14.7 Å². The van der Waals surface area contributed by atoms with Crippen LogP contribution in [0, 0.1) is 5.82 Å². The summed E-state index contributed by atoms with van der Waals surface area (Å²) in [6, 6.07) is 10.9. The monoisotopic (exact) mass is 501 g/mol. The molecule has 0 aliphatic carbocycles. The fourth-order valence-corrected chi connectivity index (χ4v) is 5.05. The molecule has 4 heterocycles. The van der Waals surface area contributed by atoms with Crippen LogP contribution >= 0.6 is 0 Å². The van der Waals surface area contributed by atoms with Crippen LogP contribution in [0.5, 0.6) is 5.75 Å². The maximum absolute atomic E-state index is 14.5. The molecular weight excluding hydrogens is 473 g/mol. The Bertz CT molecular complexity index is 1540. The van der Waals surface area contributed by atoms with E-state index in [0.717, 1.165) is 53.7 Å². The Morgan fingerprint density at radius 1 is 1.19 bits per heavy atom. The molecule has 1 fully saturated rings. The van der Waals surface area contributed by atoms with Gasteiger partial charge in [0.1, 0.15) is 17.3 Å². The number of hydrogen-bond donors (Lipinski definition) is 1. The second kappa shape index (κ2) is 9.78. The molecule has 0 spiro atoms. The molecule has 0 unspecified atom stereocenters. The third-order valence-corrected chi connectivity index (χ3v) is 7.01. The van der Waals surface area contributed by atoms with Gasteiger partial charge < -0.3 is 9.15 Å². The first-order valence-corrected chi connectivity index (χ1v) is 12.5. The Hall–Kier alpha value is -4.05. The summed E-state index contributed by atoms with van der Waals surface area (Å²) in [5.41, 5.74) is 4.12. The molecular formula is C27H28FN7O2.